The summed E-state index contributed by atoms with van der Waals surface area (Å²) in [6, 6.07) is 0. The van der Waals surface area contributed by atoms with E-state index in [0.29, 0.717) is 5.57 Å². The molecule has 0 aliphatic carbocycles. The van der Waals surface area contributed by atoms with E-state index in [4.69, 9.17) is 5.11 Å². The number of aliphatic carboxylic acids is 1. The molecule has 0 radical (unpaired) electrons. The minimum atomic E-state index is -0.845. The molecule has 0 saturated carbocycles. The molecule has 1 N–H and O–H groups in total. The zero-order valence-corrected chi connectivity index (χ0v) is 7.17. The van der Waals surface area contributed by atoms with Gasteiger partial charge < -0.3 is 5.11 Å². The molecule has 0 spiro atoms. The van der Waals surface area contributed by atoms with Crippen molar-refractivity contribution in [1.29, 1.82) is 0 Å². The predicted octanol–water partition coefficient (Wildman–Crippen LogP) is 1.66. The van der Waals surface area contributed by atoms with Crippen LogP contribution < -0.4 is 0 Å². The van der Waals surface area contributed by atoms with Crippen LogP contribution in [0.3, 0.4) is 0 Å². The van der Waals surface area contributed by atoms with Gasteiger partial charge in [0.1, 0.15) is 0 Å². The van der Waals surface area contributed by atoms with Crippen LogP contribution >= 0.6 is 24.0 Å². The molecule has 0 amide bonds. The zero-order chi connectivity index (χ0) is 5.86. The fourth-order valence-corrected chi connectivity index (χ4v) is 0.123. The Bertz CT molecular complexity index is 107. The van der Waals surface area contributed by atoms with Crippen LogP contribution in [0.2, 0.25) is 0 Å². The van der Waals surface area contributed by atoms with Gasteiger partial charge in [-0.05, 0) is 13.8 Å². The Kier molecular flexibility index (Phi) is 6.89. The van der Waals surface area contributed by atoms with Crippen molar-refractivity contribution >= 4 is 29.9 Å². The van der Waals surface area contributed by atoms with Crippen molar-refractivity contribution in [2.75, 3.05) is 0 Å². The smallest absolute Gasteiger partial charge is 0.330 e. The van der Waals surface area contributed by atoms with Gasteiger partial charge in [0.05, 0.1) is 0 Å². The maximum absolute atomic E-state index is 9.86. The van der Waals surface area contributed by atoms with E-state index in [1.807, 2.05) is 0 Å². The Morgan fingerprint density at radius 3 is 2.00 bits per heavy atom. The Morgan fingerprint density at radius 2 is 2.00 bits per heavy atom. The molecule has 0 aromatic carbocycles. The molecule has 0 aromatic heterocycles. The van der Waals surface area contributed by atoms with Crippen LogP contribution in [0.5, 0.6) is 0 Å². The highest BCUT2D eigenvalue weighted by molar-refractivity contribution is 14.0. The molecule has 2 nitrogen and oxygen atoms in total. The van der Waals surface area contributed by atoms with Gasteiger partial charge in [0.2, 0.25) is 0 Å². The molecule has 0 unspecified atom stereocenters. The first-order valence-electron chi connectivity index (χ1n) is 2.04. The topological polar surface area (TPSA) is 37.3 Å². The second-order valence-corrected chi connectivity index (χ2v) is 1.28. The van der Waals surface area contributed by atoms with Gasteiger partial charge in [0.25, 0.3) is 0 Å². The van der Waals surface area contributed by atoms with Crippen LogP contribution in [-0.4, -0.2) is 11.1 Å². The van der Waals surface area contributed by atoms with Crippen LogP contribution in [0.4, 0.5) is 0 Å². The normalized spacial score (nSPS) is 10.0. The highest BCUT2D eigenvalue weighted by Gasteiger charge is 1.93. The molecular weight excluding hydrogens is 219 g/mol. The third-order valence-electron chi connectivity index (χ3n) is 0.770. The van der Waals surface area contributed by atoms with Gasteiger partial charge >= 0.3 is 5.97 Å². The van der Waals surface area contributed by atoms with E-state index >= 15 is 0 Å². The predicted molar refractivity (Wildman–Crippen MR) is 42.5 cm³/mol. The minimum Gasteiger partial charge on any atom is -0.478 e. The van der Waals surface area contributed by atoms with Crippen LogP contribution in [-0.2, 0) is 4.79 Å². The Morgan fingerprint density at radius 1 is 1.62 bits per heavy atom. The molecule has 0 aliphatic heterocycles. The number of hydrogen-bond acceptors (Lipinski definition) is 1. The number of carboxylic acids is 1. The molecule has 0 rings (SSSR count). The van der Waals surface area contributed by atoms with E-state index in [2.05, 4.69) is 0 Å². The second-order valence-electron chi connectivity index (χ2n) is 1.28. The average Bonchev–Trinajstić information content (AvgIpc) is 1.65. The number of carbonyl (C=O) groups is 1. The van der Waals surface area contributed by atoms with Gasteiger partial charge in [-0.25, -0.2) is 4.79 Å². The second kappa shape index (κ2) is 5.08. The summed E-state index contributed by atoms with van der Waals surface area (Å²) in [5, 5.41) is 8.11. The first-order valence-corrected chi connectivity index (χ1v) is 2.04. The standard InChI is InChI=1S/C5H8O2.HI/c1-3-4(2)5(6)7;/h3H,1-2H3,(H,6,7);1H. The summed E-state index contributed by atoms with van der Waals surface area (Å²) in [4.78, 5) is 9.86. The van der Waals surface area contributed by atoms with E-state index in [9.17, 15) is 4.79 Å². The lowest BCUT2D eigenvalue weighted by molar-refractivity contribution is -0.132. The van der Waals surface area contributed by atoms with Gasteiger partial charge in [-0.2, -0.15) is 0 Å². The van der Waals surface area contributed by atoms with Crippen molar-refractivity contribution in [3.8, 4) is 0 Å². The first-order chi connectivity index (χ1) is 3.18. The summed E-state index contributed by atoms with van der Waals surface area (Å²) < 4.78 is 0. The number of allylic oxidation sites excluding steroid dienone is 1. The molecule has 0 aliphatic rings. The van der Waals surface area contributed by atoms with Crippen LogP contribution in [0.15, 0.2) is 11.6 Å². The van der Waals surface area contributed by atoms with Gasteiger partial charge in [0, 0.05) is 5.57 Å². The monoisotopic (exact) mass is 228 g/mol. The van der Waals surface area contributed by atoms with E-state index in [1.165, 1.54) is 0 Å². The van der Waals surface area contributed by atoms with Gasteiger partial charge in [-0.15, -0.1) is 24.0 Å². The summed E-state index contributed by atoms with van der Waals surface area (Å²) in [6.45, 7) is 3.26. The van der Waals surface area contributed by atoms with Crippen molar-refractivity contribution in [2.45, 2.75) is 13.8 Å². The summed E-state index contributed by atoms with van der Waals surface area (Å²) >= 11 is 0. The van der Waals surface area contributed by atoms with Crippen LogP contribution in [0.1, 0.15) is 13.8 Å². The molecular formula is C5H9IO2. The molecule has 8 heavy (non-hydrogen) atoms. The van der Waals surface area contributed by atoms with Crippen molar-refractivity contribution in [3.63, 3.8) is 0 Å². The van der Waals surface area contributed by atoms with Crippen molar-refractivity contribution in [1.82, 2.24) is 0 Å². The average molecular weight is 228 g/mol. The lowest BCUT2D eigenvalue weighted by Gasteiger charge is -1.84. The van der Waals surface area contributed by atoms with E-state index in [1.54, 1.807) is 19.9 Å². The number of rotatable bonds is 1. The summed E-state index contributed by atoms with van der Waals surface area (Å²) in [7, 11) is 0. The largest absolute Gasteiger partial charge is 0.478 e. The Balaban J connectivity index is 0. The fraction of sp³-hybridized carbons (Fsp3) is 0.400. The molecule has 0 saturated heterocycles. The quantitative estimate of drug-likeness (QED) is 0.547. The first kappa shape index (κ1) is 10.8. The molecule has 0 atom stereocenters. The van der Waals surface area contributed by atoms with E-state index in [-0.39, 0.29) is 24.0 Å². The maximum atomic E-state index is 9.86. The van der Waals surface area contributed by atoms with E-state index < -0.39 is 5.97 Å². The number of carboxylic acid groups (broad SMARTS) is 1. The van der Waals surface area contributed by atoms with Crippen LogP contribution in [0.25, 0.3) is 0 Å². The van der Waals surface area contributed by atoms with Crippen molar-refractivity contribution < 1.29 is 9.90 Å². The number of halogens is 1. The highest BCUT2D eigenvalue weighted by atomic mass is 127. The molecule has 48 valence electrons. The van der Waals surface area contributed by atoms with Crippen LogP contribution in [0, 0.1) is 0 Å². The van der Waals surface area contributed by atoms with Gasteiger partial charge in [-0.1, -0.05) is 6.08 Å². The lowest BCUT2D eigenvalue weighted by Crippen LogP contribution is -1.93. The summed E-state index contributed by atoms with van der Waals surface area (Å²) in [5.74, 6) is -0.845. The fourth-order valence-electron chi connectivity index (χ4n) is 0.123. The molecule has 0 heterocycles. The van der Waals surface area contributed by atoms with Gasteiger partial charge in [-0.3, -0.25) is 0 Å². The van der Waals surface area contributed by atoms with Gasteiger partial charge in [0.15, 0.2) is 0 Å². The SMILES string of the molecule is CC=C(C)C(=O)O.I. The van der Waals surface area contributed by atoms with E-state index in [0.717, 1.165) is 0 Å². The number of hydrogen-bond donors (Lipinski definition) is 1. The van der Waals surface area contributed by atoms with Crippen molar-refractivity contribution in [2.24, 2.45) is 0 Å². The molecule has 0 fully saturated rings. The Labute approximate surface area is 65.6 Å². The molecule has 3 heteroatoms. The third kappa shape index (κ3) is 4.11. The molecule has 0 aromatic rings. The highest BCUT2D eigenvalue weighted by Crippen LogP contribution is 1.87. The third-order valence-corrected chi connectivity index (χ3v) is 0.770. The maximum Gasteiger partial charge on any atom is 0.330 e. The van der Waals surface area contributed by atoms with Crippen molar-refractivity contribution in [3.05, 3.63) is 11.6 Å². The summed E-state index contributed by atoms with van der Waals surface area (Å²) in [5.41, 5.74) is 0.389. The Hall–Kier alpha value is -0.0600. The zero-order valence-electron chi connectivity index (χ0n) is 4.84. The summed E-state index contributed by atoms with van der Waals surface area (Å²) in [6.07, 6.45) is 1.56. The lowest BCUT2D eigenvalue weighted by atomic mass is 10.3. The minimum absolute atomic E-state index is 0. The molecule has 0 bridgehead atoms.